The number of carbonyl (C=O) groups excluding carboxylic acids is 1. The zero-order valence-corrected chi connectivity index (χ0v) is 27.6. The molecule has 1 aliphatic carbocycles. The first-order chi connectivity index (χ1) is 22.5. The van der Waals surface area contributed by atoms with Crippen molar-refractivity contribution < 1.29 is 13.9 Å². The van der Waals surface area contributed by atoms with Crippen LogP contribution in [0.15, 0.2) is 29.0 Å². The van der Waals surface area contributed by atoms with E-state index in [9.17, 15) is 4.79 Å². The van der Waals surface area contributed by atoms with Gasteiger partial charge in [-0.2, -0.15) is 0 Å². The highest BCUT2D eigenvalue weighted by molar-refractivity contribution is 6.07. The van der Waals surface area contributed by atoms with Gasteiger partial charge >= 0.3 is 0 Å². The second-order valence-corrected chi connectivity index (χ2v) is 11.7. The third-order valence-electron chi connectivity index (χ3n) is 8.39. The van der Waals surface area contributed by atoms with Crippen molar-refractivity contribution in [3.63, 3.8) is 0 Å². The predicted octanol–water partition coefficient (Wildman–Crippen LogP) is 1.59. The molecule has 2 unspecified atom stereocenters. The average Bonchev–Trinajstić information content (AvgIpc) is 3.04. The van der Waals surface area contributed by atoms with Crippen molar-refractivity contribution in [2.45, 2.75) is 84.3 Å². The number of nitrogen functional groups attached to an aromatic ring is 5. The molecule has 3 aromatic rings. The first kappa shape index (κ1) is 34.6. The molecule has 1 saturated carbocycles. The minimum Gasteiger partial charge on any atom is -0.383 e. The molecule has 47 heavy (non-hydrogen) atoms. The SMILES string of the molecule is CCC(=N)c1c(NC2CCC(=O)CC2)nc[n+](C(C)CN=C(CC)c2c(N)nc[n+](C(C)CN=Cc3c(N)ncnc3N)c2N)c1N. The van der Waals surface area contributed by atoms with Crippen LogP contribution in [0.25, 0.3) is 0 Å². The van der Waals surface area contributed by atoms with Gasteiger partial charge in [0.05, 0.1) is 42.2 Å². The summed E-state index contributed by atoms with van der Waals surface area (Å²) in [7, 11) is 0. The van der Waals surface area contributed by atoms with Gasteiger partial charge in [0.15, 0.2) is 0 Å². The van der Waals surface area contributed by atoms with Gasteiger partial charge in [-0.1, -0.05) is 23.8 Å². The lowest BCUT2D eigenvalue weighted by Crippen LogP contribution is -2.45. The molecule has 16 nitrogen and oxygen atoms in total. The average molecular weight is 646 g/mol. The summed E-state index contributed by atoms with van der Waals surface area (Å²) in [5.41, 5.74) is 34.2. The van der Waals surface area contributed by atoms with Crippen LogP contribution >= 0.6 is 0 Å². The summed E-state index contributed by atoms with van der Waals surface area (Å²) in [6, 6.07) is -0.274. The number of aromatic nitrogens is 6. The quantitative estimate of drug-likeness (QED) is 0.104. The van der Waals surface area contributed by atoms with Gasteiger partial charge in [-0.25, -0.2) is 19.1 Å². The van der Waals surface area contributed by atoms with Gasteiger partial charge in [-0.15, -0.1) is 0 Å². The molecule has 16 heteroatoms. The Morgan fingerprint density at radius 1 is 0.915 bits per heavy atom. The summed E-state index contributed by atoms with van der Waals surface area (Å²) >= 11 is 0. The van der Waals surface area contributed by atoms with Gasteiger partial charge in [0.1, 0.15) is 34.9 Å². The largest absolute Gasteiger partial charge is 0.383 e. The number of aliphatic imine (C=N–C) groups is 2. The Morgan fingerprint density at radius 3 is 2.13 bits per heavy atom. The standard InChI is InChI=1S/C31H45N15O/c1-5-22(32)24-29(36)46(16-43-31(24)44-19-7-9-20(47)10-8-19)18(4)12-39-23(6-2)25-28(35)42-15-45(30(25)37)17(3)11-38-13-21-26(33)40-14-41-27(21)34/h13-19H,5-12H2,1-4H3,(H10,32,33,34,35,36,37,38,39,40,41,44)/p+2. The Balaban J connectivity index is 1.55. The molecular formula is C31H47N15O+2. The molecule has 0 spiro atoms. The molecule has 4 rings (SSSR count). The summed E-state index contributed by atoms with van der Waals surface area (Å²) in [5, 5.41) is 12.1. The summed E-state index contributed by atoms with van der Waals surface area (Å²) in [6.45, 7) is 8.54. The van der Waals surface area contributed by atoms with E-state index in [1.165, 1.54) is 6.33 Å². The second-order valence-electron chi connectivity index (χ2n) is 11.7. The Morgan fingerprint density at radius 2 is 1.51 bits per heavy atom. The lowest BCUT2D eigenvalue weighted by atomic mass is 9.94. The summed E-state index contributed by atoms with van der Waals surface area (Å²) in [4.78, 5) is 38.1. The number of nitrogens with zero attached hydrogens (tertiary/aromatic N) is 8. The van der Waals surface area contributed by atoms with Crippen molar-refractivity contribution in [1.29, 1.82) is 5.41 Å². The third-order valence-corrected chi connectivity index (χ3v) is 8.39. The number of rotatable bonds is 13. The number of hydrogen-bond acceptors (Lipinski definition) is 14. The van der Waals surface area contributed by atoms with Crippen molar-refractivity contribution in [2.75, 3.05) is 47.1 Å². The van der Waals surface area contributed by atoms with Gasteiger partial charge in [-0.3, -0.25) is 14.8 Å². The minimum absolute atomic E-state index is 0.108. The normalized spacial score (nSPS) is 15.6. The van der Waals surface area contributed by atoms with Crippen molar-refractivity contribution in [2.24, 2.45) is 9.98 Å². The van der Waals surface area contributed by atoms with Crippen molar-refractivity contribution in [1.82, 2.24) is 19.9 Å². The van der Waals surface area contributed by atoms with Gasteiger partial charge in [0, 0.05) is 25.1 Å². The summed E-state index contributed by atoms with van der Waals surface area (Å²) in [5.74, 6) is 2.47. The molecule has 0 radical (unpaired) electrons. The number of hydrogen-bond donors (Lipinski definition) is 7. The van der Waals surface area contributed by atoms with Gasteiger partial charge < -0.3 is 39.4 Å². The zero-order chi connectivity index (χ0) is 34.2. The van der Waals surface area contributed by atoms with E-state index in [0.717, 1.165) is 12.8 Å². The molecule has 3 aromatic heterocycles. The van der Waals surface area contributed by atoms with E-state index < -0.39 is 0 Å². The van der Waals surface area contributed by atoms with Crippen molar-refractivity contribution in [3.8, 4) is 0 Å². The minimum atomic E-state index is -0.199. The Kier molecular flexibility index (Phi) is 11.3. The van der Waals surface area contributed by atoms with Crippen LogP contribution in [0.4, 0.5) is 34.9 Å². The molecule has 0 bridgehead atoms. The highest BCUT2D eigenvalue weighted by Gasteiger charge is 2.28. The summed E-state index contributed by atoms with van der Waals surface area (Å²) < 4.78 is 3.64. The molecule has 2 atom stereocenters. The van der Waals surface area contributed by atoms with E-state index in [1.807, 2.05) is 32.3 Å². The van der Waals surface area contributed by atoms with Gasteiger partial charge in [0.25, 0.3) is 0 Å². The number of Topliss-reactive ketones (excluding diaryl/α,β-unsaturated/α-hetero) is 1. The molecule has 12 N–H and O–H groups in total. The molecular weight excluding hydrogens is 598 g/mol. The molecule has 1 fully saturated rings. The zero-order valence-electron chi connectivity index (χ0n) is 27.6. The van der Waals surface area contributed by atoms with Crippen LogP contribution in [0.5, 0.6) is 0 Å². The Bertz CT molecular complexity index is 1660. The van der Waals surface area contributed by atoms with E-state index in [1.54, 1.807) is 23.4 Å². The van der Waals surface area contributed by atoms with Crippen molar-refractivity contribution in [3.05, 3.63) is 35.7 Å². The highest BCUT2D eigenvalue weighted by atomic mass is 16.1. The molecule has 250 valence electrons. The highest BCUT2D eigenvalue weighted by Crippen LogP contribution is 2.25. The fourth-order valence-electron chi connectivity index (χ4n) is 5.51. The predicted molar refractivity (Wildman–Crippen MR) is 185 cm³/mol. The molecule has 1 aliphatic rings. The van der Waals surface area contributed by atoms with E-state index in [-0.39, 0.29) is 41.4 Å². The number of anilines is 6. The maximum absolute atomic E-state index is 11.7. The fourth-order valence-corrected chi connectivity index (χ4v) is 5.51. The van der Waals surface area contributed by atoms with Crippen LogP contribution in [0, 0.1) is 5.41 Å². The third kappa shape index (κ3) is 7.93. The monoisotopic (exact) mass is 645 g/mol. The fraction of sp³-hybridized carbons (Fsp3) is 0.484. The molecule has 0 aliphatic heterocycles. The molecule has 3 heterocycles. The van der Waals surface area contributed by atoms with E-state index in [4.69, 9.17) is 39.1 Å². The topological polar surface area (TPSA) is 267 Å². The van der Waals surface area contributed by atoms with Crippen LogP contribution in [0.2, 0.25) is 0 Å². The molecule has 0 aromatic carbocycles. The summed E-state index contributed by atoms with van der Waals surface area (Å²) in [6.07, 6.45) is 9.73. The number of carbonyl (C=O) groups is 1. The molecule has 0 saturated heterocycles. The van der Waals surface area contributed by atoms with Crippen LogP contribution in [0.3, 0.4) is 0 Å². The number of ketones is 1. The first-order valence-corrected chi connectivity index (χ1v) is 15.9. The van der Waals surface area contributed by atoms with Crippen LogP contribution in [-0.4, -0.2) is 62.5 Å². The van der Waals surface area contributed by atoms with Crippen LogP contribution < -0.4 is 43.1 Å². The maximum Gasteiger partial charge on any atom is 0.233 e. The van der Waals surface area contributed by atoms with Crippen molar-refractivity contribution >= 4 is 58.3 Å². The van der Waals surface area contributed by atoms with Crippen LogP contribution in [0.1, 0.15) is 95.0 Å². The number of nitrogens with one attached hydrogen (secondary N) is 2. The maximum atomic E-state index is 11.7. The molecule has 0 amide bonds. The Labute approximate surface area is 274 Å². The van der Waals surface area contributed by atoms with Crippen LogP contribution in [-0.2, 0) is 4.79 Å². The van der Waals surface area contributed by atoms with Gasteiger partial charge in [0.2, 0.25) is 35.9 Å². The first-order valence-electron chi connectivity index (χ1n) is 15.9. The smallest absolute Gasteiger partial charge is 0.233 e. The Hall–Kier alpha value is -5.28. The second kappa shape index (κ2) is 15.3. The van der Waals surface area contributed by atoms with Gasteiger partial charge in [-0.05, 0) is 39.5 Å². The van der Waals surface area contributed by atoms with E-state index in [2.05, 4.69) is 30.2 Å². The van der Waals surface area contributed by atoms with E-state index >= 15 is 0 Å². The lowest BCUT2D eigenvalue weighted by molar-refractivity contribution is -0.706. The number of nitrogens with two attached hydrogens (primary N) is 5. The lowest BCUT2D eigenvalue weighted by Gasteiger charge is -2.23. The van der Waals surface area contributed by atoms with E-state index in [0.29, 0.717) is 84.3 Å².